The van der Waals surface area contributed by atoms with Gasteiger partial charge in [0.2, 0.25) is 0 Å². The smallest absolute Gasteiger partial charge is 0.305 e. The van der Waals surface area contributed by atoms with Crippen LogP contribution in [0.5, 0.6) is 0 Å². The second-order valence-electron chi connectivity index (χ2n) is 16.6. The number of carbonyl (C=O) groups is 3. The first-order valence-electron chi connectivity index (χ1n) is 25.0. The monoisotopic (exact) mass is 950 g/mol. The van der Waals surface area contributed by atoms with Crippen LogP contribution in [0.4, 0.5) is 0 Å². The van der Waals surface area contributed by atoms with Gasteiger partial charge in [-0.1, -0.05) is 220 Å². The predicted molar refractivity (Wildman–Crippen MR) is 289 cm³/mol. The highest BCUT2D eigenvalue weighted by Crippen LogP contribution is 2.46. The van der Waals surface area contributed by atoms with Crippen molar-refractivity contribution < 1.29 is 33.7 Å². The van der Waals surface area contributed by atoms with Crippen molar-refractivity contribution in [3.05, 3.63) is 179 Å². The Morgan fingerprint density at radius 2 is 0.714 bits per heavy atom. The molecule has 8 nitrogen and oxygen atoms in total. The minimum atomic E-state index is -0.245. The van der Waals surface area contributed by atoms with Crippen molar-refractivity contribution >= 4 is 17.9 Å². The van der Waals surface area contributed by atoms with Crippen LogP contribution in [0, 0.1) is 0 Å². The lowest BCUT2D eigenvalue weighted by Crippen LogP contribution is -2.12. The molecule has 0 saturated heterocycles. The second-order valence-corrected chi connectivity index (χ2v) is 16.6. The molecule has 0 spiro atoms. The Morgan fingerprint density at radius 3 is 0.971 bits per heavy atom. The molecule has 3 N–H and O–H groups in total. The van der Waals surface area contributed by atoms with Gasteiger partial charge in [-0.15, -0.1) is 0 Å². The van der Waals surface area contributed by atoms with E-state index in [1.165, 1.54) is 113 Å². The van der Waals surface area contributed by atoms with Crippen LogP contribution >= 0.6 is 0 Å². The zero-order valence-corrected chi connectivity index (χ0v) is 42.0. The van der Waals surface area contributed by atoms with Gasteiger partial charge in [0.1, 0.15) is 19.8 Å². The van der Waals surface area contributed by atoms with Crippen molar-refractivity contribution in [1.82, 2.24) is 0 Å². The number of rotatable bonds is 14. The topological polar surface area (TPSA) is 125 Å². The van der Waals surface area contributed by atoms with E-state index in [1.54, 1.807) is 0 Å². The van der Waals surface area contributed by atoms with E-state index < -0.39 is 0 Å². The molecule has 0 aromatic heterocycles. The number of carbonyl (C=O) groups excluding carboxylic acids is 3. The SMILES string of the molecule is C.CC.CC(=O)OCC1c2ccccc2-c2ccccc21.CCC(=O)OCC1c2ccccc2-c2ccccc21.CCCCCCC.CN.O=C(CCCO)OCC1c2ccccc2-c2ccccc21. The van der Waals surface area contributed by atoms with Crippen molar-refractivity contribution in [1.29, 1.82) is 0 Å². The largest absolute Gasteiger partial charge is 0.465 e. The highest BCUT2D eigenvalue weighted by molar-refractivity contribution is 5.81. The predicted octanol–water partition coefficient (Wildman–Crippen LogP) is 14.4. The Balaban J connectivity index is 0.000000250. The number of nitrogens with two attached hydrogens (primary N) is 1. The number of ether oxygens (including phenoxy) is 3. The summed E-state index contributed by atoms with van der Waals surface area (Å²) in [6.45, 7) is 13.0. The molecule has 0 fully saturated rings. The maximum atomic E-state index is 11.6. The zero-order chi connectivity index (χ0) is 50.0. The maximum absolute atomic E-state index is 11.6. The molecule has 0 saturated carbocycles. The average Bonchev–Trinajstić information content (AvgIpc) is 4.03. The molecule has 70 heavy (non-hydrogen) atoms. The van der Waals surface area contributed by atoms with Gasteiger partial charge in [0.05, 0.1) is 0 Å². The molecule has 3 aliphatic rings. The van der Waals surface area contributed by atoms with E-state index >= 15 is 0 Å². The fourth-order valence-corrected chi connectivity index (χ4v) is 8.95. The molecule has 9 rings (SSSR count). The minimum Gasteiger partial charge on any atom is -0.465 e. The highest BCUT2D eigenvalue weighted by atomic mass is 16.5. The summed E-state index contributed by atoms with van der Waals surface area (Å²) < 4.78 is 15.9. The number of aliphatic hydroxyl groups is 1. The molecule has 3 aliphatic carbocycles. The first-order valence-corrected chi connectivity index (χ1v) is 25.0. The van der Waals surface area contributed by atoms with Crippen LogP contribution in [0.2, 0.25) is 0 Å². The number of unbranched alkanes of at least 4 members (excludes halogenated alkanes) is 4. The molecule has 8 heteroatoms. The third kappa shape index (κ3) is 15.6. The minimum absolute atomic E-state index is 0. The molecular formula is C62H79NO7. The van der Waals surface area contributed by atoms with E-state index in [0.29, 0.717) is 32.7 Å². The van der Waals surface area contributed by atoms with E-state index in [4.69, 9.17) is 19.3 Å². The van der Waals surface area contributed by atoms with Gasteiger partial charge in [0.15, 0.2) is 0 Å². The van der Waals surface area contributed by atoms with Crippen molar-refractivity contribution in [2.75, 3.05) is 33.5 Å². The molecule has 0 amide bonds. The Labute approximate surface area is 419 Å². The van der Waals surface area contributed by atoms with Gasteiger partial charge in [-0.05, 0) is 80.2 Å². The third-order valence-electron chi connectivity index (χ3n) is 12.2. The summed E-state index contributed by atoms with van der Waals surface area (Å²) in [5, 5.41) is 8.75. The average molecular weight is 950 g/mol. The van der Waals surface area contributed by atoms with Crippen molar-refractivity contribution in [2.24, 2.45) is 5.73 Å². The molecule has 0 atom stereocenters. The van der Waals surface area contributed by atoms with Crippen LogP contribution in [0.15, 0.2) is 146 Å². The highest BCUT2D eigenvalue weighted by Gasteiger charge is 2.31. The number of aliphatic hydroxyl groups excluding tert-OH is 1. The Morgan fingerprint density at radius 1 is 0.443 bits per heavy atom. The first kappa shape index (κ1) is 58.0. The normalized spacial score (nSPS) is 11.8. The molecule has 0 aliphatic heterocycles. The first-order chi connectivity index (χ1) is 33.8. The van der Waals surface area contributed by atoms with Gasteiger partial charge >= 0.3 is 17.9 Å². The van der Waals surface area contributed by atoms with Crippen molar-refractivity contribution in [2.45, 2.75) is 118 Å². The lowest BCUT2D eigenvalue weighted by atomic mass is 9.98. The van der Waals surface area contributed by atoms with Gasteiger partial charge in [-0.3, -0.25) is 14.4 Å². The lowest BCUT2D eigenvalue weighted by molar-refractivity contribution is -0.144. The van der Waals surface area contributed by atoms with Crippen molar-refractivity contribution in [3.63, 3.8) is 0 Å². The van der Waals surface area contributed by atoms with E-state index in [-0.39, 0.29) is 56.1 Å². The number of fused-ring (bicyclic) bond motifs is 9. The summed E-state index contributed by atoms with van der Waals surface area (Å²) >= 11 is 0. The quantitative estimate of drug-likeness (QED) is 0.0628. The van der Waals surface area contributed by atoms with Gasteiger partial charge < -0.3 is 25.1 Å². The van der Waals surface area contributed by atoms with Crippen molar-refractivity contribution in [3.8, 4) is 33.4 Å². The second kappa shape index (κ2) is 31.7. The molecule has 0 bridgehead atoms. The number of benzene rings is 6. The van der Waals surface area contributed by atoms with Crippen LogP contribution in [0.25, 0.3) is 33.4 Å². The molecule has 0 radical (unpaired) electrons. The summed E-state index contributed by atoms with van der Waals surface area (Å²) in [7, 11) is 1.50. The van der Waals surface area contributed by atoms with Crippen LogP contribution in [0.3, 0.4) is 0 Å². The summed E-state index contributed by atoms with van der Waals surface area (Å²) in [5.74, 6) is -0.163. The van der Waals surface area contributed by atoms with Crippen LogP contribution < -0.4 is 5.73 Å². The number of hydrogen-bond donors (Lipinski definition) is 2. The Kier molecular flexibility index (Phi) is 26.3. The molecule has 0 unspecified atom stereocenters. The number of hydrogen-bond acceptors (Lipinski definition) is 8. The third-order valence-corrected chi connectivity index (χ3v) is 12.2. The standard InChI is InChI=1S/C18H18O3.C17H16O2.C16H14O2.C7H16.C2H6.CH5N.CH4/c19-11-5-10-18(20)21-12-17-15-8-3-1-6-13(15)14-7-2-4-9-16(14)17;1-2-17(18)19-11-16-14-9-5-3-7-12(14)13-8-4-6-10-15(13)16;1-11(17)18-10-16-14-8-4-2-6-12(14)13-7-3-5-9-15(13)16;1-3-5-7-6-4-2;2*1-2;/h1-4,6-9,17,19H,5,10-12H2;3-10,16H,2,11H2,1H3;2-9,16H,10H2,1H3;3-7H2,1-2H3;1-2H3;2H2,1H3;1H4. The molecule has 6 aromatic carbocycles. The maximum Gasteiger partial charge on any atom is 0.305 e. The van der Waals surface area contributed by atoms with Gasteiger partial charge in [-0.25, -0.2) is 0 Å². The Bertz CT molecular complexity index is 2350. The van der Waals surface area contributed by atoms with Gasteiger partial charge in [0.25, 0.3) is 0 Å². The zero-order valence-electron chi connectivity index (χ0n) is 42.0. The summed E-state index contributed by atoms with van der Waals surface area (Å²) in [6.07, 6.45) is 8.16. The van der Waals surface area contributed by atoms with E-state index in [2.05, 4.69) is 105 Å². The van der Waals surface area contributed by atoms with E-state index in [9.17, 15) is 14.4 Å². The summed E-state index contributed by atoms with van der Waals surface area (Å²) in [6, 6.07) is 49.9. The Hall–Kier alpha value is -6.35. The fourth-order valence-electron chi connectivity index (χ4n) is 8.95. The molecule has 6 aromatic rings. The summed E-state index contributed by atoms with van der Waals surface area (Å²) in [4.78, 5) is 34.0. The molecular weight excluding hydrogens is 871 g/mol. The molecule has 0 heterocycles. The molecule has 374 valence electrons. The van der Waals surface area contributed by atoms with Crippen LogP contribution in [0.1, 0.15) is 151 Å². The van der Waals surface area contributed by atoms with E-state index in [1.807, 2.05) is 81.4 Å². The van der Waals surface area contributed by atoms with Crippen LogP contribution in [-0.4, -0.2) is 56.5 Å². The van der Waals surface area contributed by atoms with Gasteiger partial charge in [0, 0.05) is 44.1 Å². The van der Waals surface area contributed by atoms with E-state index in [0.717, 1.165) is 0 Å². The number of esters is 3. The lowest BCUT2D eigenvalue weighted by Gasteiger charge is -2.14. The fraction of sp³-hybridized carbons (Fsp3) is 0.371. The van der Waals surface area contributed by atoms with Gasteiger partial charge in [-0.2, -0.15) is 0 Å². The van der Waals surface area contributed by atoms with Crippen LogP contribution in [-0.2, 0) is 28.6 Å². The summed E-state index contributed by atoms with van der Waals surface area (Å²) in [5.41, 5.74) is 19.4.